The topological polar surface area (TPSA) is 107 Å². The van der Waals surface area contributed by atoms with E-state index in [9.17, 15) is 9.59 Å². The van der Waals surface area contributed by atoms with Crippen LogP contribution in [0.4, 0.5) is 11.6 Å². The van der Waals surface area contributed by atoms with Gasteiger partial charge in [-0.25, -0.2) is 19.3 Å². The Balaban J connectivity index is 1.41. The first-order chi connectivity index (χ1) is 17.1. The van der Waals surface area contributed by atoms with E-state index in [1.807, 2.05) is 31.2 Å². The van der Waals surface area contributed by atoms with E-state index in [1.165, 1.54) is 11.1 Å². The maximum atomic E-state index is 13.1. The highest BCUT2D eigenvalue weighted by molar-refractivity contribution is 5.81. The van der Waals surface area contributed by atoms with Crippen LogP contribution in [-0.2, 0) is 24.3 Å². The normalized spacial score (nSPS) is 17.6. The fraction of sp³-hybridized carbons (Fsp3) is 0.346. The molecule has 2 aliphatic rings. The van der Waals surface area contributed by atoms with Gasteiger partial charge in [0.25, 0.3) is 5.56 Å². The van der Waals surface area contributed by atoms with Crippen molar-refractivity contribution in [3.63, 3.8) is 0 Å². The third-order valence-electron chi connectivity index (χ3n) is 6.96. The SMILES string of the molecule is CCn1c(=O)c2cnc(Nc3ccc4c(c3)CNCC4)nc2n1-c1cccc(C2CCC(=O)C2)n1. The van der Waals surface area contributed by atoms with Crippen LogP contribution in [0.3, 0.4) is 0 Å². The summed E-state index contributed by atoms with van der Waals surface area (Å²) in [5, 5.41) is 7.14. The van der Waals surface area contributed by atoms with E-state index in [0.717, 1.165) is 37.3 Å². The predicted octanol–water partition coefficient (Wildman–Crippen LogP) is 3.22. The number of carbonyl (C=O) groups excluding carboxylic acids is 1. The highest BCUT2D eigenvalue weighted by atomic mass is 16.1. The van der Waals surface area contributed by atoms with Gasteiger partial charge in [0.2, 0.25) is 5.95 Å². The largest absolute Gasteiger partial charge is 0.324 e. The van der Waals surface area contributed by atoms with Crippen LogP contribution >= 0.6 is 0 Å². The van der Waals surface area contributed by atoms with Gasteiger partial charge in [0.05, 0.1) is 0 Å². The van der Waals surface area contributed by atoms with Crippen LogP contribution in [0.5, 0.6) is 0 Å². The van der Waals surface area contributed by atoms with Crippen molar-refractivity contribution < 1.29 is 4.79 Å². The summed E-state index contributed by atoms with van der Waals surface area (Å²) in [5.74, 6) is 1.43. The summed E-state index contributed by atoms with van der Waals surface area (Å²) in [6, 6.07) is 12.1. The number of rotatable bonds is 5. The molecule has 178 valence electrons. The zero-order valence-corrected chi connectivity index (χ0v) is 19.6. The second kappa shape index (κ2) is 8.74. The highest BCUT2D eigenvalue weighted by Gasteiger charge is 2.25. The van der Waals surface area contributed by atoms with E-state index in [0.29, 0.717) is 42.2 Å². The summed E-state index contributed by atoms with van der Waals surface area (Å²) in [4.78, 5) is 39.0. The van der Waals surface area contributed by atoms with Gasteiger partial charge in [-0.05, 0) is 61.7 Å². The molecule has 0 saturated heterocycles. The lowest BCUT2D eigenvalue weighted by Crippen LogP contribution is -2.23. The van der Waals surface area contributed by atoms with Crippen LogP contribution < -0.4 is 16.2 Å². The van der Waals surface area contributed by atoms with Crippen molar-refractivity contribution in [2.45, 2.75) is 51.6 Å². The minimum absolute atomic E-state index is 0.122. The standard InChI is InChI=1S/C26H27N7O2/c1-2-32-25(35)21-15-28-26(29-19-8-6-16-10-11-27-14-18(16)12-19)31-24(21)33(32)23-5-3-4-22(30-23)17-7-9-20(34)13-17/h3-6,8,12,15,17,27H,2,7,9-11,13-14H2,1H3,(H,28,29,31). The third kappa shape index (κ3) is 3.91. The minimum Gasteiger partial charge on any atom is -0.324 e. The zero-order valence-electron chi connectivity index (χ0n) is 19.6. The van der Waals surface area contributed by atoms with Crippen molar-refractivity contribution in [1.29, 1.82) is 0 Å². The van der Waals surface area contributed by atoms with E-state index in [1.54, 1.807) is 15.6 Å². The molecule has 4 aromatic rings. The Bertz CT molecular complexity index is 1500. The van der Waals surface area contributed by atoms with Gasteiger partial charge in [-0.3, -0.25) is 9.59 Å². The highest BCUT2D eigenvalue weighted by Crippen LogP contribution is 2.31. The maximum absolute atomic E-state index is 13.1. The molecule has 0 bridgehead atoms. The van der Waals surface area contributed by atoms with Gasteiger partial charge in [-0.15, -0.1) is 0 Å². The molecule has 0 spiro atoms. The van der Waals surface area contributed by atoms with Gasteiger partial charge in [-0.2, -0.15) is 4.98 Å². The smallest absolute Gasteiger partial charge is 0.278 e. The number of ketones is 1. The molecule has 1 aromatic carbocycles. The van der Waals surface area contributed by atoms with E-state index in [2.05, 4.69) is 27.8 Å². The Morgan fingerprint density at radius 3 is 2.86 bits per heavy atom. The second-order valence-corrected chi connectivity index (χ2v) is 9.20. The van der Waals surface area contributed by atoms with Crippen molar-refractivity contribution in [1.82, 2.24) is 29.6 Å². The molecule has 0 amide bonds. The molecule has 1 saturated carbocycles. The average molecular weight is 470 g/mol. The molecule has 2 N–H and O–H groups in total. The van der Waals surface area contributed by atoms with Gasteiger partial charge in [0.1, 0.15) is 11.2 Å². The van der Waals surface area contributed by atoms with Crippen molar-refractivity contribution in [3.05, 3.63) is 69.8 Å². The molecular weight excluding hydrogens is 442 g/mol. The molecule has 1 aliphatic carbocycles. The Morgan fingerprint density at radius 1 is 1.11 bits per heavy atom. The molecular formula is C26H27N7O2. The molecule has 4 heterocycles. The van der Waals surface area contributed by atoms with Crippen LogP contribution in [0.1, 0.15) is 48.9 Å². The van der Waals surface area contributed by atoms with Gasteiger partial charge in [-0.1, -0.05) is 12.1 Å². The zero-order chi connectivity index (χ0) is 23.9. The summed E-state index contributed by atoms with van der Waals surface area (Å²) in [7, 11) is 0. The molecule has 6 rings (SSSR count). The lowest BCUT2D eigenvalue weighted by atomic mass is 10.0. The van der Waals surface area contributed by atoms with Crippen molar-refractivity contribution in [2.24, 2.45) is 0 Å². The fourth-order valence-electron chi connectivity index (χ4n) is 5.15. The molecule has 9 nitrogen and oxygen atoms in total. The van der Waals surface area contributed by atoms with Crippen molar-refractivity contribution in [3.8, 4) is 5.82 Å². The van der Waals surface area contributed by atoms with Crippen LogP contribution in [0.15, 0.2) is 47.4 Å². The molecule has 0 radical (unpaired) electrons. The molecule has 9 heteroatoms. The number of nitrogens with one attached hydrogen (secondary N) is 2. The maximum Gasteiger partial charge on any atom is 0.278 e. The number of benzene rings is 1. The van der Waals surface area contributed by atoms with E-state index < -0.39 is 0 Å². The molecule has 1 aliphatic heterocycles. The second-order valence-electron chi connectivity index (χ2n) is 9.20. The van der Waals surface area contributed by atoms with E-state index >= 15 is 0 Å². The first-order valence-corrected chi connectivity index (χ1v) is 12.2. The molecule has 1 fully saturated rings. The van der Waals surface area contributed by atoms with E-state index in [-0.39, 0.29) is 17.3 Å². The monoisotopic (exact) mass is 469 g/mol. The number of anilines is 2. The number of nitrogens with zero attached hydrogens (tertiary/aromatic N) is 5. The van der Waals surface area contributed by atoms with E-state index in [4.69, 9.17) is 9.97 Å². The fourth-order valence-corrected chi connectivity index (χ4v) is 5.15. The summed E-state index contributed by atoms with van der Waals surface area (Å²) < 4.78 is 3.39. The Hall–Kier alpha value is -3.85. The summed E-state index contributed by atoms with van der Waals surface area (Å²) in [5.41, 5.74) is 4.75. The molecule has 1 atom stereocenters. The summed E-state index contributed by atoms with van der Waals surface area (Å²) in [6.07, 6.45) is 4.54. The Kier molecular flexibility index (Phi) is 5.41. The average Bonchev–Trinajstić information content (AvgIpc) is 3.44. The van der Waals surface area contributed by atoms with Gasteiger partial charge >= 0.3 is 0 Å². The number of pyridine rings is 1. The molecule has 3 aromatic heterocycles. The predicted molar refractivity (Wildman–Crippen MR) is 133 cm³/mol. The van der Waals surface area contributed by atoms with Crippen molar-refractivity contribution in [2.75, 3.05) is 11.9 Å². The third-order valence-corrected chi connectivity index (χ3v) is 6.96. The lowest BCUT2D eigenvalue weighted by molar-refractivity contribution is -0.117. The lowest BCUT2D eigenvalue weighted by Gasteiger charge is -2.18. The number of hydrogen-bond donors (Lipinski definition) is 2. The van der Waals surface area contributed by atoms with Crippen LogP contribution in [0.25, 0.3) is 16.9 Å². The quantitative estimate of drug-likeness (QED) is 0.462. The molecule has 1 unspecified atom stereocenters. The van der Waals surface area contributed by atoms with Crippen LogP contribution in [0.2, 0.25) is 0 Å². The summed E-state index contributed by atoms with van der Waals surface area (Å²) in [6.45, 7) is 4.23. The number of aromatic nitrogens is 5. The Morgan fingerprint density at radius 2 is 2.03 bits per heavy atom. The van der Waals surface area contributed by atoms with Crippen LogP contribution in [-0.4, -0.2) is 36.6 Å². The minimum atomic E-state index is -0.155. The number of hydrogen-bond acceptors (Lipinski definition) is 7. The molecule has 35 heavy (non-hydrogen) atoms. The van der Waals surface area contributed by atoms with Gasteiger partial charge in [0, 0.05) is 49.4 Å². The number of carbonyl (C=O) groups is 1. The van der Waals surface area contributed by atoms with Gasteiger partial charge < -0.3 is 10.6 Å². The number of Topliss-reactive ketones (excluding diaryl/α,β-unsaturated/α-hetero) is 1. The first kappa shape index (κ1) is 21.7. The Labute approximate surface area is 202 Å². The van der Waals surface area contributed by atoms with Crippen molar-refractivity contribution >= 4 is 28.5 Å². The first-order valence-electron chi connectivity index (χ1n) is 12.2. The van der Waals surface area contributed by atoms with Gasteiger partial charge in [0.15, 0.2) is 11.5 Å². The summed E-state index contributed by atoms with van der Waals surface area (Å²) >= 11 is 0. The van der Waals surface area contributed by atoms with Crippen LogP contribution in [0, 0.1) is 0 Å². The number of fused-ring (bicyclic) bond motifs is 2.